The average Bonchev–Trinajstić information content (AvgIpc) is 2.86. The highest BCUT2D eigenvalue weighted by Gasteiger charge is 2.15. The number of carbonyl (C=O) groups excluding carboxylic acids is 1. The lowest BCUT2D eigenvalue weighted by Crippen LogP contribution is -2.11. The first-order valence-corrected chi connectivity index (χ1v) is 10.6. The van der Waals surface area contributed by atoms with Gasteiger partial charge in [-0.2, -0.15) is 0 Å². The molecule has 0 bridgehead atoms. The third-order valence-electron chi connectivity index (χ3n) is 5.27. The number of hydrogen-bond donors (Lipinski definition) is 4. The molecule has 0 radical (unpaired) electrons. The van der Waals surface area contributed by atoms with Crippen LogP contribution in [-0.4, -0.2) is 27.8 Å². The van der Waals surface area contributed by atoms with Gasteiger partial charge in [-0.3, -0.25) is 9.59 Å². The molecule has 0 amide bonds. The van der Waals surface area contributed by atoms with E-state index in [9.17, 15) is 9.59 Å². The van der Waals surface area contributed by atoms with Crippen LogP contribution in [0.15, 0.2) is 83.9 Å². The Morgan fingerprint density at radius 3 is 2.56 bits per heavy atom. The fourth-order valence-corrected chi connectivity index (χ4v) is 3.49. The number of allylic oxidation sites excluding steroid dienone is 1. The lowest BCUT2D eigenvalue weighted by molar-refractivity contribution is 0.104. The maximum Gasteiger partial charge on any atom is 0.255 e. The van der Waals surface area contributed by atoms with Gasteiger partial charge in [0.1, 0.15) is 0 Å². The van der Waals surface area contributed by atoms with Crippen LogP contribution in [0.25, 0.3) is 28.1 Å². The van der Waals surface area contributed by atoms with Gasteiger partial charge in [0.2, 0.25) is 5.78 Å². The van der Waals surface area contributed by atoms with E-state index in [1.54, 1.807) is 6.07 Å². The largest absolute Gasteiger partial charge is 0.398 e. The number of aromatic amines is 1. The fraction of sp³-hybridized carbons (Fsp3) is 0.0769. The minimum Gasteiger partial charge on any atom is -0.398 e. The molecule has 0 atom stereocenters. The lowest BCUT2D eigenvalue weighted by Gasteiger charge is -2.08. The van der Waals surface area contributed by atoms with E-state index in [4.69, 9.17) is 11.5 Å². The summed E-state index contributed by atoms with van der Waals surface area (Å²) in [5, 5.41) is 3.08. The van der Waals surface area contributed by atoms with Crippen molar-refractivity contribution in [2.24, 2.45) is 5.73 Å². The third-order valence-corrected chi connectivity index (χ3v) is 5.27. The van der Waals surface area contributed by atoms with E-state index in [2.05, 4.69) is 20.3 Å². The number of carbonyl (C=O) groups is 1. The normalized spacial score (nSPS) is 11.4. The van der Waals surface area contributed by atoms with Crippen molar-refractivity contribution in [1.82, 2.24) is 20.3 Å². The highest BCUT2D eigenvalue weighted by Crippen LogP contribution is 2.23. The van der Waals surface area contributed by atoms with E-state index in [0.717, 1.165) is 17.7 Å². The van der Waals surface area contributed by atoms with Crippen LogP contribution in [0.2, 0.25) is 0 Å². The summed E-state index contributed by atoms with van der Waals surface area (Å²) in [5.74, 6) is -0.466. The molecule has 0 fully saturated rings. The number of pyridine rings is 1. The SMILES string of the molecule is CNCc1ccc(C(N)=CC(=O)c2nc(-c3c[nH]c(=O)c(-c4ccccc4)c3)cnc2N)cc1.[HH].[HH]. The molecule has 34 heavy (non-hydrogen) atoms. The summed E-state index contributed by atoms with van der Waals surface area (Å²) in [5.41, 5.74) is 16.2. The number of hydrogen-bond acceptors (Lipinski definition) is 7. The Balaban J connectivity index is 0.00000228. The molecule has 2 aromatic heterocycles. The topological polar surface area (TPSA) is 140 Å². The summed E-state index contributed by atoms with van der Waals surface area (Å²) in [6.07, 6.45) is 4.28. The van der Waals surface area contributed by atoms with Crippen LogP contribution >= 0.6 is 0 Å². The van der Waals surface area contributed by atoms with Crippen molar-refractivity contribution in [3.05, 3.63) is 106 Å². The van der Waals surface area contributed by atoms with Crippen molar-refractivity contribution in [3.63, 3.8) is 0 Å². The maximum absolute atomic E-state index is 12.9. The molecule has 6 N–H and O–H groups in total. The summed E-state index contributed by atoms with van der Waals surface area (Å²) in [6.45, 7) is 0.735. The quantitative estimate of drug-likeness (QED) is 0.246. The van der Waals surface area contributed by atoms with Crippen LogP contribution in [0.4, 0.5) is 5.82 Å². The van der Waals surface area contributed by atoms with Crippen LogP contribution in [0.1, 0.15) is 24.5 Å². The van der Waals surface area contributed by atoms with E-state index in [1.807, 2.05) is 61.6 Å². The molecule has 0 unspecified atom stereocenters. The number of nitrogen functional groups attached to an aromatic ring is 1. The van der Waals surface area contributed by atoms with Gasteiger partial charge in [-0.25, -0.2) is 9.97 Å². The molecule has 0 aliphatic heterocycles. The Morgan fingerprint density at radius 2 is 1.85 bits per heavy atom. The van der Waals surface area contributed by atoms with Crippen LogP contribution in [0, 0.1) is 0 Å². The van der Waals surface area contributed by atoms with Gasteiger partial charge >= 0.3 is 0 Å². The summed E-state index contributed by atoms with van der Waals surface area (Å²) in [4.78, 5) is 36.6. The molecule has 0 aliphatic rings. The Morgan fingerprint density at radius 1 is 1.12 bits per heavy atom. The average molecular weight is 457 g/mol. The molecule has 0 spiro atoms. The first kappa shape index (κ1) is 22.6. The summed E-state index contributed by atoms with van der Waals surface area (Å²) in [7, 11) is 1.87. The molecule has 2 heterocycles. The number of anilines is 1. The smallest absolute Gasteiger partial charge is 0.255 e. The van der Waals surface area contributed by atoms with Crippen LogP contribution in [0.5, 0.6) is 0 Å². The second-order valence-corrected chi connectivity index (χ2v) is 7.68. The van der Waals surface area contributed by atoms with Gasteiger partial charge in [-0.15, -0.1) is 0 Å². The highest BCUT2D eigenvalue weighted by atomic mass is 16.1. The van der Waals surface area contributed by atoms with Crippen molar-refractivity contribution in [2.45, 2.75) is 6.54 Å². The van der Waals surface area contributed by atoms with Gasteiger partial charge in [0.25, 0.3) is 5.56 Å². The zero-order valence-corrected chi connectivity index (χ0v) is 18.6. The van der Waals surface area contributed by atoms with Gasteiger partial charge in [-0.1, -0.05) is 54.6 Å². The molecule has 8 nitrogen and oxygen atoms in total. The third kappa shape index (κ3) is 4.92. The Kier molecular flexibility index (Phi) is 6.61. The van der Waals surface area contributed by atoms with Crippen molar-refractivity contribution in [1.29, 1.82) is 0 Å². The van der Waals surface area contributed by atoms with E-state index < -0.39 is 5.78 Å². The van der Waals surface area contributed by atoms with Crippen LogP contribution in [-0.2, 0) is 6.54 Å². The van der Waals surface area contributed by atoms with Gasteiger partial charge < -0.3 is 21.8 Å². The van der Waals surface area contributed by atoms with E-state index in [1.165, 1.54) is 18.5 Å². The highest BCUT2D eigenvalue weighted by molar-refractivity contribution is 6.09. The molecule has 2 aromatic carbocycles. The van der Waals surface area contributed by atoms with Gasteiger partial charge in [0.05, 0.1) is 11.9 Å². The number of rotatable bonds is 7. The fourth-order valence-electron chi connectivity index (χ4n) is 3.49. The van der Waals surface area contributed by atoms with Crippen molar-refractivity contribution in [3.8, 4) is 22.4 Å². The van der Waals surface area contributed by atoms with Gasteiger partial charge in [-0.05, 0) is 29.8 Å². The summed E-state index contributed by atoms with van der Waals surface area (Å²) in [6, 6.07) is 18.6. The first-order valence-electron chi connectivity index (χ1n) is 10.6. The second kappa shape index (κ2) is 9.93. The predicted octanol–water partition coefficient (Wildman–Crippen LogP) is 3.48. The van der Waals surface area contributed by atoms with Crippen LogP contribution < -0.4 is 22.3 Å². The number of nitrogens with two attached hydrogens (primary N) is 2. The minimum absolute atomic E-state index is 0. The summed E-state index contributed by atoms with van der Waals surface area (Å²) < 4.78 is 0. The first-order chi connectivity index (χ1) is 16.5. The van der Waals surface area contributed by atoms with E-state index >= 15 is 0 Å². The number of nitrogens with zero attached hydrogens (tertiary/aromatic N) is 2. The van der Waals surface area contributed by atoms with Gasteiger partial charge in [0, 0.05) is 38.5 Å². The standard InChI is InChI=1S/C26H24N6O2.2H2/c1-29-13-16-7-9-18(10-8-16)21(27)12-23(33)24-25(28)30-15-22(32-24)19-11-20(26(34)31-14-19)17-5-3-2-4-6-17;;/h2-12,14-15,29H,13,27H2,1H3,(H2,28,30)(H,31,34);2*1H. The second-order valence-electron chi connectivity index (χ2n) is 7.68. The molecule has 0 saturated carbocycles. The van der Waals surface area contributed by atoms with Crippen LogP contribution in [0.3, 0.4) is 0 Å². The zero-order valence-electron chi connectivity index (χ0n) is 18.6. The van der Waals surface area contributed by atoms with Crippen molar-refractivity contribution in [2.75, 3.05) is 12.8 Å². The monoisotopic (exact) mass is 456 g/mol. The predicted molar refractivity (Wildman–Crippen MR) is 138 cm³/mol. The number of benzene rings is 2. The molecular formula is C26H28N6O2. The van der Waals surface area contributed by atoms with Crippen molar-refractivity contribution < 1.29 is 7.65 Å². The van der Waals surface area contributed by atoms with Crippen molar-refractivity contribution >= 4 is 17.3 Å². The lowest BCUT2D eigenvalue weighted by atomic mass is 10.0. The number of ketones is 1. The van der Waals surface area contributed by atoms with E-state index in [-0.39, 0.29) is 19.9 Å². The minimum atomic E-state index is -0.462. The number of aromatic nitrogens is 3. The van der Waals surface area contributed by atoms with Gasteiger partial charge in [0.15, 0.2) is 11.5 Å². The maximum atomic E-state index is 12.9. The number of H-pyrrole nitrogens is 1. The molecule has 174 valence electrons. The van der Waals surface area contributed by atoms with E-state index in [0.29, 0.717) is 28.1 Å². The molecule has 0 saturated heterocycles. The Bertz CT molecular complexity index is 1420. The number of nitrogens with one attached hydrogen (secondary N) is 2. The Hall–Kier alpha value is -4.56. The molecule has 0 aliphatic carbocycles. The zero-order chi connectivity index (χ0) is 24.1. The molecule has 8 heteroatoms. The molecular weight excluding hydrogens is 428 g/mol. The summed E-state index contributed by atoms with van der Waals surface area (Å²) >= 11 is 0. The molecule has 4 aromatic rings. The molecule has 4 rings (SSSR count). The Labute approximate surface area is 199 Å².